The molecule has 1 atom stereocenters. The highest BCUT2D eigenvalue weighted by Crippen LogP contribution is 2.04. The quantitative estimate of drug-likeness (QED) is 0.647. The first-order chi connectivity index (χ1) is 8.66. The minimum absolute atomic E-state index is 0.0796. The van der Waals surface area contributed by atoms with Crippen molar-refractivity contribution >= 4 is 11.8 Å². The fourth-order valence-corrected chi connectivity index (χ4v) is 1.76. The standard InChI is InChI=1S/C12H16N4O2/c1-8-4-13-3-2-9(8)5-16-12(18)10-6-15-11(17)7-14-10/h2-4,10,14H,5-7H2,1H3,(H,15,17)(H,16,18). The molecule has 6 nitrogen and oxygen atoms in total. The highest BCUT2D eigenvalue weighted by Gasteiger charge is 2.23. The van der Waals surface area contributed by atoms with Crippen LogP contribution in [0.1, 0.15) is 11.1 Å². The lowest BCUT2D eigenvalue weighted by Gasteiger charge is -2.23. The smallest absolute Gasteiger partial charge is 0.239 e. The Morgan fingerprint density at radius 2 is 2.44 bits per heavy atom. The van der Waals surface area contributed by atoms with E-state index in [0.717, 1.165) is 11.1 Å². The Labute approximate surface area is 105 Å². The van der Waals surface area contributed by atoms with E-state index in [9.17, 15) is 9.59 Å². The maximum Gasteiger partial charge on any atom is 0.239 e. The average molecular weight is 248 g/mol. The van der Waals surface area contributed by atoms with E-state index in [-0.39, 0.29) is 24.4 Å². The van der Waals surface area contributed by atoms with Gasteiger partial charge in [0.2, 0.25) is 11.8 Å². The van der Waals surface area contributed by atoms with Crippen LogP contribution in [0.25, 0.3) is 0 Å². The lowest BCUT2D eigenvalue weighted by molar-refractivity contribution is -0.126. The topological polar surface area (TPSA) is 83.1 Å². The van der Waals surface area contributed by atoms with Crippen LogP contribution in [0.4, 0.5) is 0 Å². The van der Waals surface area contributed by atoms with Gasteiger partial charge in [0, 0.05) is 25.5 Å². The van der Waals surface area contributed by atoms with Crippen LogP contribution in [0.3, 0.4) is 0 Å². The number of amides is 2. The molecule has 0 spiro atoms. The summed E-state index contributed by atoms with van der Waals surface area (Å²) >= 11 is 0. The van der Waals surface area contributed by atoms with Gasteiger partial charge in [0.25, 0.3) is 0 Å². The number of hydrogen-bond acceptors (Lipinski definition) is 4. The Bertz CT molecular complexity index is 451. The van der Waals surface area contributed by atoms with Crippen LogP contribution in [0.15, 0.2) is 18.5 Å². The lowest BCUT2D eigenvalue weighted by atomic mass is 10.1. The van der Waals surface area contributed by atoms with Gasteiger partial charge in [-0.1, -0.05) is 0 Å². The number of rotatable bonds is 3. The SMILES string of the molecule is Cc1cnccc1CNC(=O)C1CNC(=O)CN1. The van der Waals surface area contributed by atoms with Crippen molar-refractivity contribution in [2.24, 2.45) is 0 Å². The molecule has 0 aromatic carbocycles. The second kappa shape index (κ2) is 5.59. The van der Waals surface area contributed by atoms with Gasteiger partial charge < -0.3 is 10.6 Å². The zero-order chi connectivity index (χ0) is 13.0. The summed E-state index contributed by atoms with van der Waals surface area (Å²) in [7, 11) is 0. The number of nitrogens with zero attached hydrogens (tertiary/aromatic N) is 1. The molecule has 1 aromatic rings. The van der Waals surface area contributed by atoms with Crippen molar-refractivity contribution in [2.75, 3.05) is 13.1 Å². The molecular weight excluding hydrogens is 232 g/mol. The summed E-state index contributed by atoms with van der Waals surface area (Å²) in [4.78, 5) is 26.8. The predicted molar refractivity (Wildman–Crippen MR) is 65.6 cm³/mol. The summed E-state index contributed by atoms with van der Waals surface area (Å²) in [5, 5.41) is 8.38. The number of carbonyl (C=O) groups is 2. The van der Waals surface area contributed by atoms with Crippen molar-refractivity contribution in [3.8, 4) is 0 Å². The van der Waals surface area contributed by atoms with Crippen LogP contribution in [0.2, 0.25) is 0 Å². The van der Waals surface area contributed by atoms with Crippen LogP contribution in [-0.2, 0) is 16.1 Å². The Morgan fingerprint density at radius 1 is 1.61 bits per heavy atom. The molecule has 1 unspecified atom stereocenters. The third-order valence-corrected chi connectivity index (χ3v) is 2.92. The summed E-state index contributed by atoms with van der Waals surface area (Å²) < 4.78 is 0. The van der Waals surface area contributed by atoms with Gasteiger partial charge in [-0.2, -0.15) is 0 Å². The van der Waals surface area contributed by atoms with E-state index in [1.54, 1.807) is 12.4 Å². The number of pyridine rings is 1. The summed E-state index contributed by atoms with van der Waals surface area (Å²) in [5.74, 6) is -0.185. The fraction of sp³-hybridized carbons (Fsp3) is 0.417. The van der Waals surface area contributed by atoms with Gasteiger partial charge in [0.1, 0.15) is 6.04 Å². The molecule has 2 rings (SSSR count). The largest absolute Gasteiger partial charge is 0.353 e. The fourth-order valence-electron chi connectivity index (χ4n) is 1.76. The molecule has 6 heteroatoms. The minimum atomic E-state index is -0.357. The molecular formula is C12H16N4O2. The molecule has 1 saturated heterocycles. The van der Waals surface area contributed by atoms with E-state index in [1.807, 2.05) is 13.0 Å². The first-order valence-corrected chi connectivity index (χ1v) is 5.84. The van der Waals surface area contributed by atoms with E-state index < -0.39 is 0 Å². The highest BCUT2D eigenvalue weighted by molar-refractivity contribution is 5.86. The molecule has 18 heavy (non-hydrogen) atoms. The Kier molecular flexibility index (Phi) is 3.88. The Hall–Kier alpha value is -1.95. The molecule has 2 heterocycles. The number of nitrogens with one attached hydrogen (secondary N) is 3. The first-order valence-electron chi connectivity index (χ1n) is 5.84. The van der Waals surface area contributed by atoms with Crippen LogP contribution in [0.5, 0.6) is 0 Å². The molecule has 96 valence electrons. The second-order valence-electron chi connectivity index (χ2n) is 4.26. The number of piperazine rings is 1. The number of aromatic nitrogens is 1. The Morgan fingerprint density at radius 3 is 3.11 bits per heavy atom. The van der Waals surface area contributed by atoms with E-state index in [0.29, 0.717) is 13.1 Å². The van der Waals surface area contributed by atoms with E-state index in [2.05, 4.69) is 20.9 Å². The average Bonchev–Trinajstić information content (AvgIpc) is 2.38. The van der Waals surface area contributed by atoms with Crippen LogP contribution >= 0.6 is 0 Å². The van der Waals surface area contributed by atoms with Gasteiger partial charge in [-0.25, -0.2) is 0 Å². The van der Waals surface area contributed by atoms with E-state index in [4.69, 9.17) is 0 Å². The molecule has 0 saturated carbocycles. The molecule has 2 amide bonds. The Balaban J connectivity index is 1.85. The summed E-state index contributed by atoms with van der Waals surface area (Å²) in [6, 6.07) is 1.52. The molecule has 1 fully saturated rings. The highest BCUT2D eigenvalue weighted by atomic mass is 16.2. The minimum Gasteiger partial charge on any atom is -0.353 e. The second-order valence-corrected chi connectivity index (χ2v) is 4.26. The van der Waals surface area contributed by atoms with Crippen molar-refractivity contribution in [1.29, 1.82) is 0 Å². The van der Waals surface area contributed by atoms with E-state index >= 15 is 0 Å². The molecule has 1 aliphatic rings. The third kappa shape index (κ3) is 3.04. The third-order valence-electron chi connectivity index (χ3n) is 2.92. The maximum atomic E-state index is 11.8. The van der Waals surface area contributed by atoms with Gasteiger partial charge in [-0.15, -0.1) is 0 Å². The summed E-state index contributed by atoms with van der Waals surface area (Å²) in [5.41, 5.74) is 2.08. The van der Waals surface area contributed by atoms with Crippen molar-refractivity contribution in [3.63, 3.8) is 0 Å². The number of carbonyl (C=O) groups excluding carboxylic acids is 2. The zero-order valence-corrected chi connectivity index (χ0v) is 10.2. The molecule has 3 N–H and O–H groups in total. The molecule has 0 aliphatic carbocycles. The van der Waals surface area contributed by atoms with Crippen molar-refractivity contribution < 1.29 is 9.59 Å². The molecule has 0 radical (unpaired) electrons. The van der Waals surface area contributed by atoms with Crippen LogP contribution < -0.4 is 16.0 Å². The summed E-state index contributed by atoms with van der Waals surface area (Å²) in [6.07, 6.45) is 3.47. The van der Waals surface area contributed by atoms with E-state index in [1.165, 1.54) is 0 Å². The lowest BCUT2D eigenvalue weighted by Crippen LogP contribution is -2.57. The zero-order valence-electron chi connectivity index (χ0n) is 10.2. The first kappa shape index (κ1) is 12.5. The normalized spacial score (nSPS) is 19.2. The van der Waals surface area contributed by atoms with Gasteiger partial charge in [-0.05, 0) is 24.1 Å². The molecule has 1 aliphatic heterocycles. The maximum absolute atomic E-state index is 11.8. The molecule has 0 bridgehead atoms. The molecule has 1 aromatic heterocycles. The summed E-state index contributed by atoms with van der Waals surface area (Å²) in [6.45, 7) is 2.94. The van der Waals surface area contributed by atoms with Gasteiger partial charge >= 0.3 is 0 Å². The van der Waals surface area contributed by atoms with Crippen LogP contribution in [-0.4, -0.2) is 35.9 Å². The van der Waals surface area contributed by atoms with Gasteiger partial charge in [-0.3, -0.25) is 19.9 Å². The van der Waals surface area contributed by atoms with Gasteiger partial charge in [0.15, 0.2) is 0 Å². The predicted octanol–water partition coefficient (Wildman–Crippen LogP) is -0.906. The van der Waals surface area contributed by atoms with Crippen molar-refractivity contribution in [2.45, 2.75) is 19.5 Å². The van der Waals surface area contributed by atoms with Crippen LogP contribution in [0, 0.1) is 6.92 Å². The number of hydrogen-bond donors (Lipinski definition) is 3. The van der Waals surface area contributed by atoms with Gasteiger partial charge in [0.05, 0.1) is 6.54 Å². The monoisotopic (exact) mass is 248 g/mol. The van der Waals surface area contributed by atoms with Crippen molar-refractivity contribution in [1.82, 2.24) is 20.9 Å². The number of aryl methyl sites for hydroxylation is 1. The van der Waals surface area contributed by atoms with Crippen molar-refractivity contribution in [3.05, 3.63) is 29.6 Å².